The van der Waals surface area contributed by atoms with E-state index in [1.54, 1.807) is 0 Å². The summed E-state index contributed by atoms with van der Waals surface area (Å²) in [4.78, 5) is 8.98. The first-order valence-corrected chi connectivity index (χ1v) is 6.74. The van der Waals surface area contributed by atoms with Gasteiger partial charge in [0.15, 0.2) is 5.13 Å². The maximum atomic E-state index is 5.71. The fraction of sp³-hybridized carbons (Fsp3) is 0.385. The molecule has 0 spiro atoms. The van der Waals surface area contributed by atoms with Gasteiger partial charge in [0.25, 0.3) is 0 Å². The van der Waals surface area contributed by atoms with E-state index in [0.29, 0.717) is 5.13 Å². The highest BCUT2D eigenvalue weighted by Crippen LogP contribution is 2.26. The van der Waals surface area contributed by atoms with E-state index in [0.717, 1.165) is 29.1 Å². The number of nitrogens with zero attached hydrogens (tertiary/aromatic N) is 2. The van der Waals surface area contributed by atoms with Gasteiger partial charge in [0.2, 0.25) is 0 Å². The molecule has 1 unspecified atom stereocenters. The SMILES string of the molecule is CC1CCC(c2ccc3sc(N)nc3c2)=NC1. The zero-order valence-electron chi connectivity index (χ0n) is 9.81. The Kier molecular flexibility index (Phi) is 2.59. The average Bonchev–Trinajstić information content (AvgIpc) is 2.69. The number of hydrogen-bond acceptors (Lipinski definition) is 4. The van der Waals surface area contributed by atoms with Gasteiger partial charge in [0, 0.05) is 12.3 Å². The summed E-state index contributed by atoms with van der Waals surface area (Å²) in [7, 11) is 0. The summed E-state index contributed by atoms with van der Waals surface area (Å²) in [5.41, 5.74) is 9.13. The normalized spacial score (nSPS) is 20.5. The van der Waals surface area contributed by atoms with Crippen LogP contribution < -0.4 is 5.73 Å². The van der Waals surface area contributed by atoms with E-state index in [4.69, 9.17) is 5.73 Å². The summed E-state index contributed by atoms with van der Waals surface area (Å²) >= 11 is 1.53. The molecule has 2 N–H and O–H groups in total. The second-order valence-electron chi connectivity index (χ2n) is 4.67. The lowest BCUT2D eigenvalue weighted by molar-refractivity contribution is 0.538. The van der Waals surface area contributed by atoms with Crippen molar-refractivity contribution in [3.63, 3.8) is 0 Å². The van der Waals surface area contributed by atoms with E-state index in [-0.39, 0.29) is 0 Å². The van der Waals surface area contributed by atoms with Gasteiger partial charge in [0.1, 0.15) is 0 Å². The molecule has 0 aliphatic carbocycles. The third-order valence-electron chi connectivity index (χ3n) is 3.21. The Morgan fingerprint density at radius 1 is 1.41 bits per heavy atom. The predicted octanol–water partition coefficient (Wildman–Crippen LogP) is 3.10. The van der Waals surface area contributed by atoms with Gasteiger partial charge in [-0.3, -0.25) is 4.99 Å². The molecule has 2 aromatic rings. The molecule has 0 saturated heterocycles. The number of anilines is 1. The van der Waals surface area contributed by atoms with Crippen molar-refractivity contribution in [3.8, 4) is 0 Å². The monoisotopic (exact) mass is 245 g/mol. The molecule has 0 radical (unpaired) electrons. The Labute approximate surface area is 104 Å². The number of benzene rings is 1. The molecule has 0 bridgehead atoms. The Hall–Kier alpha value is -1.42. The standard InChI is InChI=1S/C13H15N3S/c1-8-2-4-10(15-7-8)9-3-5-12-11(6-9)16-13(14)17-12/h3,5-6,8H,2,4,7H2,1H3,(H2,14,16). The zero-order chi connectivity index (χ0) is 11.8. The van der Waals surface area contributed by atoms with Crippen LogP contribution in [-0.2, 0) is 0 Å². The molecular formula is C13H15N3S. The second kappa shape index (κ2) is 4.11. The lowest BCUT2D eigenvalue weighted by Crippen LogP contribution is -2.14. The van der Waals surface area contributed by atoms with Gasteiger partial charge in [-0.25, -0.2) is 4.98 Å². The van der Waals surface area contributed by atoms with Gasteiger partial charge in [-0.1, -0.05) is 24.3 Å². The lowest BCUT2D eigenvalue weighted by Gasteiger charge is -2.17. The first-order chi connectivity index (χ1) is 8.22. The number of fused-ring (bicyclic) bond motifs is 1. The minimum absolute atomic E-state index is 0.636. The number of thiazole rings is 1. The molecule has 1 aliphatic rings. The van der Waals surface area contributed by atoms with Crippen molar-refractivity contribution in [1.82, 2.24) is 4.98 Å². The van der Waals surface area contributed by atoms with Crippen molar-refractivity contribution in [3.05, 3.63) is 23.8 Å². The van der Waals surface area contributed by atoms with E-state index >= 15 is 0 Å². The van der Waals surface area contributed by atoms with Crippen LogP contribution >= 0.6 is 11.3 Å². The van der Waals surface area contributed by atoms with Crippen LogP contribution in [0.1, 0.15) is 25.3 Å². The van der Waals surface area contributed by atoms with Crippen molar-refractivity contribution < 1.29 is 0 Å². The maximum absolute atomic E-state index is 5.71. The molecule has 0 saturated carbocycles. The quantitative estimate of drug-likeness (QED) is 0.839. The first-order valence-electron chi connectivity index (χ1n) is 5.92. The third-order valence-corrected chi connectivity index (χ3v) is 4.07. The van der Waals surface area contributed by atoms with Gasteiger partial charge in [-0.05, 0) is 36.5 Å². The minimum atomic E-state index is 0.636. The van der Waals surface area contributed by atoms with Crippen molar-refractivity contribution in [2.45, 2.75) is 19.8 Å². The van der Waals surface area contributed by atoms with Crippen molar-refractivity contribution in [1.29, 1.82) is 0 Å². The highest BCUT2D eigenvalue weighted by atomic mass is 32.1. The van der Waals surface area contributed by atoms with Crippen molar-refractivity contribution >= 4 is 32.4 Å². The van der Waals surface area contributed by atoms with Crippen LogP contribution in [0.15, 0.2) is 23.2 Å². The fourth-order valence-corrected chi connectivity index (χ4v) is 2.89. The molecule has 1 aromatic carbocycles. The van der Waals surface area contributed by atoms with E-state index in [1.165, 1.54) is 29.0 Å². The summed E-state index contributed by atoms with van der Waals surface area (Å²) in [5, 5.41) is 0.636. The van der Waals surface area contributed by atoms with E-state index < -0.39 is 0 Å². The molecule has 3 nitrogen and oxygen atoms in total. The second-order valence-corrected chi connectivity index (χ2v) is 5.73. The smallest absolute Gasteiger partial charge is 0.181 e. The van der Waals surface area contributed by atoms with Crippen LogP contribution in [0.4, 0.5) is 5.13 Å². The van der Waals surface area contributed by atoms with Crippen LogP contribution in [0.2, 0.25) is 0 Å². The molecule has 4 heteroatoms. The Morgan fingerprint density at radius 2 is 2.29 bits per heavy atom. The van der Waals surface area contributed by atoms with Crippen LogP contribution in [0.5, 0.6) is 0 Å². The summed E-state index contributed by atoms with van der Waals surface area (Å²) in [5.74, 6) is 0.720. The van der Waals surface area contributed by atoms with E-state index in [2.05, 4.69) is 35.1 Å². The summed E-state index contributed by atoms with van der Waals surface area (Å²) in [6.07, 6.45) is 2.31. The molecule has 0 amide bonds. The zero-order valence-corrected chi connectivity index (χ0v) is 10.6. The molecule has 1 aliphatic heterocycles. The van der Waals surface area contributed by atoms with Gasteiger partial charge >= 0.3 is 0 Å². The third kappa shape index (κ3) is 2.05. The van der Waals surface area contributed by atoms with Gasteiger partial charge in [-0.15, -0.1) is 0 Å². The molecule has 0 fully saturated rings. The summed E-state index contributed by atoms with van der Waals surface area (Å²) in [6.45, 7) is 3.21. The summed E-state index contributed by atoms with van der Waals surface area (Å²) in [6, 6.07) is 6.34. The minimum Gasteiger partial charge on any atom is -0.375 e. The molecule has 2 heterocycles. The topological polar surface area (TPSA) is 51.3 Å². The molecule has 17 heavy (non-hydrogen) atoms. The maximum Gasteiger partial charge on any atom is 0.181 e. The van der Waals surface area contributed by atoms with Crippen LogP contribution in [0, 0.1) is 5.92 Å². The number of nitrogen functional groups attached to an aromatic ring is 1. The van der Waals surface area contributed by atoms with E-state index in [1.807, 2.05) is 0 Å². The Morgan fingerprint density at radius 3 is 3.06 bits per heavy atom. The average molecular weight is 245 g/mol. The lowest BCUT2D eigenvalue weighted by atomic mass is 9.96. The molecule has 1 aromatic heterocycles. The van der Waals surface area contributed by atoms with Crippen LogP contribution in [0.3, 0.4) is 0 Å². The number of rotatable bonds is 1. The van der Waals surface area contributed by atoms with Crippen LogP contribution in [0.25, 0.3) is 10.2 Å². The molecule has 1 atom stereocenters. The van der Waals surface area contributed by atoms with Crippen LogP contribution in [-0.4, -0.2) is 17.2 Å². The number of nitrogens with two attached hydrogens (primary N) is 1. The number of aliphatic imine (C=N–C) groups is 1. The highest BCUT2D eigenvalue weighted by Gasteiger charge is 2.13. The Balaban J connectivity index is 2.00. The van der Waals surface area contributed by atoms with Gasteiger partial charge in [-0.2, -0.15) is 0 Å². The van der Waals surface area contributed by atoms with Gasteiger partial charge in [0.05, 0.1) is 10.2 Å². The van der Waals surface area contributed by atoms with Gasteiger partial charge < -0.3 is 5.73 Å². The number of aromatic nitrogens is 1. The fourth-order valence-electron chi connectivity index (χ4n) is 2.18. The first kappa shape index (κ1) is 10.7. The predicted molar refractivity (Wildman–Crippen MR) is 73.8 cm³/mol. The largest absolute Gasteiger partial charge is 0.375 e. The van der Waals surface area contributed by atoms with Crippen molar-refractivity contribution in [2.75, 3.05) is 12.3 Å². The Bertz CT molecular complexity index is 585. The molecule has 3 rings (SSSR count). The highest BCUT2D eigenvalue weighted by molar-refractivity contribution is 7.22. The molecular weight excluding hydrogens is 230 g/mol. The summed E-state index contributed by atoms with van der Waals surface area (Å²) < 4.78 is 1.15. The van der Waals surface area contributed by atoms with E-state index in [9.17, 15) is 0 Å². The number of hydrogen-bond donors (Lipinski definition) is 1. The molecule has 88 valence electrons. The van der Waals surface area contributed by atoms with Crippen molar-refractivity contribution in [2.24, 2.45) is 10.9 Å².